The number of aryl methyl sites for hydroxylation is 1. The molecule has 1 atom stereocenters. The highest BCUT2D eigenvalue weighted by atomic mass is 14.8. The summed E-state index contributed by atoms with van der Waals surface area (Å²) in [5.41, 5.74) is 8.86. The molecule has 0 amide bonds. The predicted molar refractivity (Wildman–Crippen MR) is 50.7 cm³/mol. The van der Waals surface area contributed by atoms with Crippen LogP contribution in [0.3, 0.4) is 0 Å². The summed E-state index contributed by atoms with van der Waals surface area (Å²) in [5, 5.41) is 0. The lowest BCUT2D eigenvalue weighted by Gasteiger charge is -2.12. The summed E-state index contributed by atoms with van der Waals surface area (Å²) in [6.45, 7) is 7.73. The van der Waals surface area contributed by atoms with Crippen LogP contribution >= 0.6 is 0 Å². The SMILES string of the molecule is C=C(C)C(N)c1ncccc1C. The van der Waals surface area contributed by atoms with Crippen molar-refractivity contribution in [2.45, 2.75) is 19.9 Å². The van der Waals surface area contributed by atoms with E-state index in [9.17, 15) is 0 Å². The lowest BCUT2D eigenvalue weighted by atomic mass is 10.0. The number of hydrogen-bond acceptors (Lipinski definition) is 2. The Kier molecular flexibility index (Phi) is 2.61. The third kappa shape index (κ3) is 1.71. The van der Waals surface area contributed by atoms with Crippen LogP contribution in [0.5, 0.6) is 0 Å². The summed E-state index contributed by atoms with van der Waals surface area (Å²) in [7, 11) is 0. The Morgan fingerprint density at radius 2 is 2.33 bits per heavy atom. The van der Waals surface area contributed by atoms with Gasteiger partial charge < -0.3 is 5.73 Å². The van der Waals surface area contributed by atoms with E-state index in [2.05, 4.69) is 11.6 Å². The summed E-state index contributed by atoms with van der Waals surface area (Å²) in [5.74, 6) is 0. The van der Waals surface area contributed by atoms with E-state index in [0.717, 1.165) is 16.8 Å². The molecule has 2 heteroatoms. The van der Waals surface area contributed by atoms with E-state index < -0.39 is 0 Å². The fourth-order valence-corrected chi connectivity index (χ4v) is 1.06. The first kappa shape index (κ1) is 8.94. The molecule has 1 heterocycles. The van der Waals surface area contributed by atoms with Gasteiger partial charge in [0.25, 0.3) is 0 Å². The van der Waals surface area contributed by atoms with Crippen molar-refractivity contribution in [3.05, 3.63) is 41.7 Å². The lowest BCUT2D eigenvalue weighted by Crippen LogP contribution is -2.13. The molecule has 0 saturated carbocycles. The number of pyridine rings is 1. The van der Waals surface area contributed by atoms with Crippen molar-refractivity contribution in [1.82, 2.24) is 4.98 Å². The van der Waals surface area contributed by atoms with Crippen LogP contribution in [0.25, 0.3) is 0 Å². The van der Waals surface area contributed by atoms with Gasteiger partial charge in [-0.25, -0.2) is 0 Å². The summed E-state index contributed by atoms with van der Waals surface area (Å²) < 4.78 is 0. The van der Waals surface area contributed by atoms with Crippen molar-refractivity contribution < 1.29 is 0 Å². The normalized spacial score (nSPS) is 12.6. The standard InChI is InChI=1S/C10H14N2/c1-7(2)9(11)10-8(3)5-4-6-12-10/h4-6,9H,1,11H2,2-3H3. The largest absolute Gasteiger partial charge is 0.319 e. The second kappa shape index (κ2) is 3.50. The molecule has 1 unspecified atom stereocenters. The van der Waals surface area contributed by atoms with Gasteiger partial charge in [0.15, 0.2) is 0 Å². The van der Waals surface area contributed by atoms with E-state index in [1.54, 1.807) is 6.20 Å². The number of hydrogen-bond donors (Lipinski definition) is 1. The third-order valence-corrected chi connectivity index (χ3v) is 1.88. The van der Waals surface area contributed by atoms with Gasteiger partial charge in [-0.15, -0.1) is 0 Å². The molecule has 1 aromatic rings. The monoisotopic (exact) mass is 162 g/mol. The molecule has 1 rings (SSSR count). The smallest absolute Gasteiger partial charge is 0.0683 e. The fourth-order valence-electron chi connectivity index (χ4n) is 1.06. The second-order valence-corrected chi connectivity index (χ2v) is 3.03. The number of rotatable bonds is 2. The quantitative estimate of drug-likeness (QED) is 0.675. The van der Waals surface area contributed by atoms with E-state index in [0.29, 0.717) is 0 Å². The topological polar surface area (TPSA) is 38.9 Å². The Bertz CT molecular complexity index is 292. The van der Waals surface area contributed by atoms with E-state index in [1.807, 2.05) is 26.0 Å². The second-order valence-electron chi connectivity index (χ2n) is 3.03. The zero-order valence-electron chi connectivity index (χ0n) is 7.54. The van der Waals surface area contributed by atoms with Crippen LogP contribution in [0.4, 0.5) is 0 Å². The molecule has 0 spiro atoms. The Morgan fingerprint density at radius 1 is 1.67 bits per heavy atom. The molecule has 0 bridgehead atoms. The van der Waals surface area contributed by atoms with Gasteiger partial charge in [-0.2, -0.15) is 0 Å². The van der Waals surface area contributed by atoms with Crippen LogP contribution < -0.4 is 5.73 Å². The van der Waals surface area contributed by atoms with Crippen LogP contribution in [0.1, 0.15) is 24.2 Å². The molecular formula is C10H14N2. The Labute approximate surface area is 73.1 Å². The van der Waals surface area contributed by atoms with Crippen LogP contribution in [0.15, 0.2) is 30.5 Å². The molecule has 0 aliphatic rings. The highest BCUT2D eigenvalue weighted by Crippen LogP contribution is 2.17. The Hall–Kier alpha value is -1.15. The molecule has 0 radical (unpaired) electrons. The maximum absolute atomic E-state index is 5.88. The van der Waals surface area contributed by atoms with Crippen LogP contribution in [-0.2, 0) is 0 Å². The molecule has 0 aliphatic heterocycles. The summed E-state index contributed by atoms with van der Waals surface area (Å²) in [4.78, 5) is 4.21. The van der Waals surface area contributed by atoms with E-state index >= 15 is 0 Å². The molecule has 2 nitrogen and oxygen atoms in total. The summed E-state index contributed by atoms with van der Waals surface area (Å²) in [6.07, 6.45) is 1.76. The van der Waals surface area contributed by atoms with E-state index in [4.69, 9.17) is 5.73 Å². The number of nitrogens with two attached hydrogens (primary N) is 1. The first-order valence-corrected chi connectivity index (χ1v) is 3.95. The molecule has 12 heavy (non-hydrogen) atoms. The minimum atomic E-state index is -0.133. The van der Waals surface area contributed by atoms with Crippen molar-refractivity contribution in [3.8, 4) is 0 Å². The van der Waals surface area contributed by atoms with Gasteiger partial charge in [0, 0.05) is 6.20 Å². The zero-order chi connectivity index (χ0) is 9.14. The summed E-state index contributed by atoms with van der Waals surface area (Å²) in [6, 6.07) is 3.78. The highest BCUT2D eigenvalue weighted by Gasteiger charge is 2.09. The minimum Gasteiger partial charge on any atom is -0.319 e. The molecule has 2 N–H and O–H groups in total. The minimum absolute atomic E-state index is 0.133. The van der Waals surface area contributed by atoms with Gasteiger partial charge in [-0.05, 0) is 25.5 Å². The van der Waals surface area contributed by atoms with Crippen molar-refractivity contribution in [1.29, 1.82) is 0 Å². The number of nitrogens with zero attached hydrogens (tertiary/aromatic N) is 1. The van der Waals surface area contributed by atoms with Crippen LogP contribution in [0, 0.1) is 6.92 Å². The summed E-state index contributed by atoms with van der Waals surface area (Å²) >= 11 is 0. The fraction of sp³-hybridized carbons (Fsp3) is 0.300. The van der Waals surface area contributed by atoms with Gasteiger partial charge in [0.1, 0.15) is 0 Å². The molecule has 0 saturated heterocycles. The van der Waals surface area contributed by atoms with Crippen LogP contribution in [-0.4, -0.2) is 4.98 Å². The van der Waals surface area contributed by atoms with E-state index in [1.165, 1.54) is 0 Å². The predicted octanol–water partition coefficient (Wildman–Crippen LogP) is 1.97. The maximum atomic E-state index is 5.88. The van der Waals surface area contributed by atoms with Crippen molar-refractivity contribution in [3.63, 3.8) is 0 Å². The number of aromatic nitrogens is 1. The van der Waals surface area contributed by atoms with E-state index in [-0.39, 0.29) is 6.04 Å². The molecule has 1 aromatic heterocycles. The average molecular weight is 162 g/mol. The third-order valence-electron chi connectivity index (χ3n) is 1.88. The lowest BCUT2D eigenvalue weighted by molar-refractivity contribution is 0.801. The molecule has 0 aromatic carbocycles. The van der Waals surface area contributed by atoms with Gasteiger partial charge in [-0.3, -0.25) is 4.98 Å². The van der Waals surface area contributed by atoms with Crippen molar-refractivity contribution in [2.24, 2.45) is 5.73 Å². The van der Waals surface area contributed by atoms with Gasteiger partial charge in [0.05, 0.1) is 11.7 Å². The average Bonchev–Trinajstić information content (AvgIpc) is 2.04. The first-order chi connectivity index (χ1) is 5.63. The Balaban J connectivity index is 3.02. The highest BCUT2D eigenvalue weighted by molar-refractivity contribution is 5.26. The van der Waals surface area contributed by atoms with Gasteiger partial charge >= 0.3 is 0 Å². The molecule has 64 valence electrons. The maximum Gasteiger partial charge on any atom is 0.0683 e. The molecule has 0 fully saturated rings. The van der Waals surface area contributed by atoms with Crippen LogP contribution in [0.2, 0.25) is 0 Å². The van der Waals surface area contributed by atoms with Gasteiger partial charge in [0.2, 0.25) is 0 Å². The van der Waals surface area contributed by atoms with Crippen molar-refractivity contribution >= 4 is 0 Å². The van der Waals surface area contributed by atoms with Gasteiger partial charge in [-0.1, -0.05) is 18.2 Å². The van der Waals surface area contributed by atoms with Crippen molar-refractivity contribution in [2.75, 3.05) is 0 Å². The first-order valence-electron chi connectivity index (χ1n) is 3.95. The Morgan fingerprint density at radius 3 is 2.83 bits per heavy atom. The molecule has 0 aliphatic carbocycles. The zero-order valence-corrected chi connectivity index (χ0v) is 7.54. The molecular weight excluding hydrogens is 148 g/mol.